The second-order valence-corrected chi connectivity index (χ2v) is 4.06. The molecular weight excluding hydrogens is 228 g/mol. The molecule has 90 valence electrons. The van der Waals surface area contributed by atoms with Gasteiger partial charge in [-0.3, -0.25) is 0 Å². The van der Waals surface area contributed by atoms with Crippen molar-refractivity contribution in [2.24, 2.45) is 0 Å². The predicted octanol–water partition coefficient (Wildman–Crippen LogP) is 2.77. The van der Waals surface area contributed by atoms with Crippen LogP contribution in [0.15, 0.2) is 30.3 Å². The van der Waals surface area contributed by atoms with E-state index in [1.54, 1.807) is 30.3 Å². The maximum Gasteiger partial charge on any atom is 0.335 e. The third-order valence-corrected chi connectivity index (χ3v) is 2.00. The Hall–Kier alpha value is -1.06. The number of alkyl halides is 1. The minimum Gasteiger partial charge on any atom is -0.478 e. The van der Waals surface area contributed by atoms with Gasteiger partial charge in [0.1, 0.15) is 0 Å². The largest absolute Gasteiger partial charge is 0.478 e. The first-order valence-corrected chi connectivity index (χ1v) is 5.54. The van der Waals surface area contributed by atoms with Gasteiger partial charge in [-0.05, 0) is 31.9 Å². The lowest BCUT2D eigenvalue weighted by atomic mass is 10.2. The summed E-state index contributed by atoms with van der Waals surface area (Å²) in [5.74, 6) is -0.879. The van der Waals surface area contributed by atoms with Crippen LogP contribution >= 0.6 is 11.6 Å². The molecule has 16 heavy (non-hydrogen) atoms. The number of carboxylic acids is 1. The molecule has 0 heterocycles. The number of halogens is 1. The van der Waals surface area contributed by atoms with E-state index >= 15 is 0 Å². The second kappa shape index (κ2) is 9.19. The molecule has 1 aromatic rings. The summed E-state index contributed by atoms with van der Waals surface area (Å²) in [6.07, 6.45) is 1.74. The van der Waals surface area contributed by atoms with Gasteiger partial charge in [0.05, 0.1) is 5.56 Å². The highest BCUT2D eigenvalue weighted by Gasteiger charge is 1.96. The fraction of sp³-hybridized carbons (Fsp3) is 0.417. The van der Waals surface area contributed by atoms with Gasteiger partial charge < -0.3 is 10.2 Å². The van der Waals surface area contributed by atoms with Crippen molar-refractivity contribution < 1.29 is 15.0 Å². The van der Waals surface area contributed by atoms with Crippen molar-refractivity contribution in [3.63, 3.8) is 0 Å². The van der Waals surface area contributed by atoms with Gasteiger partial charge in [0.15, 0.2) is 0 Å². The van der Waals surface area contributed by atoms with Crippen LogP contribution < -0.4 is 0 Å². The van der Waals surface area contributed by atoms with Crippen LogP contribution in [-0.2, 0) is 0 Å². The first kappa shape index (κ1) is 14.9. The van der Waals surface area contributed by atoms with Gasteiger partial charge in [0.2, 0.25) is 0 Å². The summed E-state index contributed by atoms with van der Waals surface area (Å²) >= 11 is 5.55. The summed E-state index contributed by atoms with van der Waals surface area (Å²) in [6.45, 7) is 2.19. The van der Waals surface area contributed by atoms with E-state index in [0.717, 1.165) is 12.8 Å². The number of aromatic carboxylic acids is 1. The Morgan fingerprint density at radius 3 is 2.19 bits per heavy atom. The molecule has 0 aromatic heterocycles. The van der Waals surface area contributed by atoms with Crippen LogP contribution in [0.5, 0.6) is 0 Å². The van der Waals surface area contributed by atoms with Crippen molar-refractivity contribution in [3.8, 4) is 0 Å². The lowest BCUT2D eigenvalue weighted by Gasteiger charge is -1.96. The highest BCUT2D eigenvalue weighted by molar-refractivity contribution is 6.20. The number of benzene rings is 1. The molecule has 0 fully saturated rings. The third kappa shape index (κ3) is 8.26. The maximum absolute atomic E-state index is 10.2. The molecule has 0 radical (unpaired) electrons. The van der Waals surface area contributed by atoms with Crippen LogP contribution in [0.25, 0.3) is 0 Å². The van der Waals surface area contributed by atoms with Crippen molar-refractivity contribution >= 4 is 17.6 Å². The van der Waals surface area contributed by atoms with Gasteiger partial charge in [0.25, 0.3) is 0 Å². The summed E-state index contributed by atoms with van der Waals surface area (Å²) in [4.78, 5) is 10.2. The van der Waals surface area contributed by atoms with Crippen molar-refractivity contribution in [3.05, 3.63) is 35.9 Å². The molecule has 1 unspecified atom stereocenters. The Bertz CT molecular complexity index is 286. The summed E-state index contributed by atoms with van der Waals surface area (Å²) in [6, 6.07) is 8.30. The molecule has 4 heteroatoms. The Morgan fingerprint density at radius 1 is 1.38 bits per heavy atom. The minimum atomic E-state index is -0.879. The highest BCUT2D eigenvalue weighted by atomic mass is 35.5. The zero-order valence-electron chi connectivity index (χ0n) is 9.27. The van der Waals surface area contributed by atoms with E-state index in [1.807, 2.05) is 6.92 Å². The van der Waals surface area contributed by atoms with E-state index < -0.39 is 5.97 Å². The molecule has 0 saturated carbocycles. The number of carbonyl (C=O) groups is 1. The maximum atomic E-state index is 10.2. The molecule has 3 nitrogen and oxygen atoms in total. The summed E-state index contributed by atoms with van der Waals surface area (Å²) < 4.78 is 0. The summed E-state index contributed by atoms with van der Waals surface area (Å²) in [7, 11) is 0. The smallest absolute Gasteiger partial charge is 0.335 e. The predicted molar refractivity (Wildman–Crippen MR) is 65.0 cm³/mol. The van der Waals surface area contributed by atoms with E-state index in [0.29, 0.717) is 5.56 Å². The number of aliphatic hydroxyl groups excluding tert-OH is 1. The molecule has 1 rings (SSSR count). The standard InChI is InChI=1S/C7H6O2.C5H11ClO/c8-7(9)6-4-2-1-3-5-6;1-5(6)3-2-4-7/h1-5H,(H,8,9);5,7H,2-4H2,1H3. The van der Waals surface area contributed by atoms with Gasteiger partial charge in [-0.1, -0.05) is 18.2 Å². The molecule has 1 aromatic carbocycles. The fourth-order valence-corrected chi connectivity index (χ4v) is 1.11. The molecule has 0 bridgehead atoms. The van der Waals surface area contributed by atoms with Crippen LogP contribution in [0.1, 0.15) is 30.1 Å². The number of rotatable bonds is 4. The lowest BCUT2D eigenvalue weighted by molar-refractivity contribution is 0.0697. The molecule has 1 atom stereocenters. The van der Waals surface area contributed by atoms with Crippen LogP contribution in [0.3, 0.4) is 0 Å². The van der Waals surface area contributed by atoms with Gasteiger partial charge in [-0.2, -0.15) is 0 Å². The Morgan fingerprint density at radius 2 is 1.94 bits per heavy atom. The van der Waals surface area contributed by atoms with Gasteiger partial charge in [-0.15, -0.1) is 11.6 Å². The molecule has 0 aliphatic carbocycles. The molecule has 0 aliphatic rings. The number of aliphatic hydroxyl groups is 1. The van der Waals surface area contributed by atoms with Crippen molar-refractivity contribution in [2.75, 3.05) is 6.61 Å². The molecular formula is C12H17ClO3. The van der Waals surface area contributed by atoms with E-state index in [9.17, 15) is 4.79 Å². The van der Waals surface area contributed by atoms with E-state index in [2.05, 4.69) is 0 Å². The van der Waals surface area contributed by atoms with Crippen molar-refractivity contribution in [1.82, 2.24) is 0 Å². The van der Waals surface area contributed by atoms with Crippen LogP contribution in [0.2, 0.25) is 0 Å². The average Bonchev–Trinajstić information content (AvgIpc) is 2.28. The van der Waals surface area contributed by atoms with Gasteiger partial charge in [0, 0.05) is 12.0 Å². The fourth-order valence-electron chi connectivity index (χ4n) is 0.953. The van der Waals surface area contributed by atoms with Gasteiger partial charge in [-0.25, -0.2) is 4.79 Å². The molecule has 0 spiro atoms. The Kier molecular flexibility index (Phi) is 8.58. The van der Waals surface area contributed by atoms with E-state index in [-0.39, 0.29) is 12.0 Å². The minimum absolute atomic E-state index is 0.215. The Balaban J connectivity index is 0.000000293. The molecule has 0 amide bonds. The normalized spacial score (nSPS) is 11.2. The average molecular weight is 245 g/mol. The van der Waals surface area contributed by atoms with Crippen molar-refractivity contribution in [2.45, 2.75) is 25.1 Å². The SMILES string of the molecule is CC(Cl)CCCO.O=C(O)c1ccccc1. The monoisotopic (exact) mass is 244 g/mol. The summed E-state index contributed by atoms with van der Waals surface area (Å²) in [5.41, 5.74) is 0.331. The summed E-state index contributed by atoms with van der Waals surface area (Å²) in [5, 5.41) is 16.9. The zero-order valence-corrected chi connectivity index (χ0v) is 10.0. The highest BCUT2D eigenvalue weighted by Crippen LogP contribution is 2.01. The van der Waals surface area contributed by atoms with Crippen LogP contribution in [-0.4, -0.2) is 28.2 Å². The van der Waals surface area contributed by atoms with Crippen molar-refractivity contribution in [1.29, 1.82) is 0 Å². The molecule has 0 saturated heterocycles. The van der Waals surface area contributed by atoms with Crippen LogP contribution in [0, 0.1) is 0 Å². The quantitative estimate of drug-likeness (QED) is 0.801. The van der Waals surface area contributed by atoms with E-state index in [1.165, 1.54) is 0 Å². The van der Waals surface area contributed by atoms with Crippen LogP contribution in [0.4, 0.5) is 0 Å². The number of hydrogen-bond acceptors (Lipinski definition) is 2. The van der Waals surface area contributed by atoms with E-state index in [4.69, 9.17) is 21.8 Å². The molecule has 0 aliphatic heterocycles. The first-order chi connectivity index (χ1) is 7.57. The Labute approximate surface area is 101 Å². The van der Waals surface area contributed by atoms with Gasteiger partial charge >= 0.3 is 5.97 Å². The third-order valence-electron chi connectivity index (χ3n) is 1.78. The number of hydrogen-bond donors (Lipinski definition) is 2. The lowest BCUT2D eigenvalue weighted by Crippen LogP contribution is -1.93. The second-order valence-electron chi connectivity index (χ2n) is 3.32. The topological polar surface area (TPSA) is 57.5 Å². The molecule has 2 N–H and O–H groups in total. The first-order valence-electron chi connectivity index (χ1n) is 5.11. The number of carboxylic acid groups (broad SMARTS) is 1. The zero-order chi connectivity index (χ0) is 12.4.